The molecule has 0 spiro atoms. The maximum Gasteiger partial charge on any atom is 0.224 e. The summed E-state index contributed by atoms with van der Waals surface area (Å²) in [6.07, 6.45) is 2.36. The van der Waals surface area contributed by atoms with E-state index in [1.54, 1.807) is 0 Å². The molecule has 0 saturated carbocycles. The maximum atomic E-state index is 11.9. The minimum atomic E-state index is 0.0416. The number of ether oxygens (including phenoxy) is 1. The average Bonchev–Trinajstić information content (AvgIpc) is 2.44. The zero-order valence-corrected chi connectivity index (χ0v) is 13.4. The van der Waals surface area contributed by atoms with Crippen molar-refractivity contribution in [3.8, 4) is 5.75 Å². The van der Waals surface area contributed by atoms with Crippen LogP contribution in [-0.4, -0.2) is 19.1 Å². The summed E-state index contributed by atoms with van der Waals surface area (Å²) < 4.78 is 5.65. The molecule has 0 saturated heterocycles. The molecule has 0 aliphatic rings. The molecule has 21 heavy (non-hydrogen) atoms. The number of hydrogen-bond donors (Lipinski definition) is 2. The van der Waals surface area contributed by atoms with Gasteiger partial charge in [0.1, 0.15) is 5.75 Å². The number of carbonyl (C=O) groups is 1. The van der Waals surface area contributed by atoms with Crippen LogP contribution >= 0.6 is 0 Å². The summed E-state index contributed by atoms with van der Waals surface area (Å²) in [5.74, 6) is 1.80. The van der Waals surface area contributed by atoms with Crippen molar-refractivity contribution in [2.75, 3.05) is 18.5 Å². The van der Waals surface area contributed by atoms with Gasteiger partial charge in [-0.05, 0) is 43.4 Å². The summed E-state index contributed by atoms with van der Waals surface area (Å²) in [5, 5.41) is 2.92. The summed E-state index contributed by atoms with van der Waals surface area (Å²) >= 11 is 0. The Bertz CT molecular complexity index is 433. The molecule has 1 rings (SSSR count). The molecular weight excluding hydrogens is 264 g/mol. The van der Waals surface area contributed by atoms with Crippen LogP contribution in [0, 0.1) is 11.8 Å². The van der Waals surface area contributed by atoms with Crippen molar-refractivity contribution < 1.29 is 9.53 Å². The summed E-state index contributed by atoms with van der Waals surface area (Å²) in [5.41, 5.74) is 6.30. The van der Waals surface area contributed by atoms with E-state index in [2.05, 4.69) is 26.1 Å². The topological polar surface area (TPSA) is 64.3 Å². The van der Waals surface area contributed by atoms with Crippen LogP contribution in [0.2, 0.25) is 0 Å². The van der Waals surface area contributed by atoms with Gasteiger partial charge in [-0.1, -0.05) is 26.8 Å². The lowest BCUT2D eigenvalue weighted by Crippen LogP contribution is -2.14. The molecule has 1 unspecified atom stereocenters. The molecular formula is C17H28N2O2. The van der Waals surface area contributed by atoms with Crippen LogP contribution < -0.4 is 15.8 Å². The molecule has 4 heteroatoms. The molecule has 0 aromatic heterocycles. The van der Waals surface area contributed by atoms with Crippen LogP contribution in [0.15, 0.2) is 24.3 Å². The largest absolute Gasteiger partial charge is 0.493 e. The molecule has 3 N–H and O–H groups in total. The number of benzene rings is 1. The predicted octanol–water partition coefficient (Wildman–Crippen LogP) is 3.43. The van der Waals surface area contributed by atoms with Crippen LogP contribution in [0.4, 0.5) is 5.69 Å². The molecule has 0 aliphatic carbocycles. The Morgan fingerprint density at radius 3 is 2.71 bits per heavy atom. The molecule has 4 nitrogen and oxygen atoms in total. The minimum absolute atomic E-state index is 0.0416. The molecule has 0 heterocycles. The Morgan fingerprint density at radius 2 is 2.05 bits per heavy atom. The SMILES string of the molecule is CC(C)COc1cccc(NC(=O)CCC(C)CCN)c1. The highest BCUT2D eigenvalue weighted by Gasteiger charge is 2.07. The van der Waals surface area contributed by atoms with Gasteiger partial charge >= 0.3 is 0 Å². The Balaban J connectivity index is 2.43. The van der Waals surface area contributed by atoms with E-state index in [-0.39, 0.29) is 5.91 Å². The van der Waals surface area contributed by atoms with Crippen molar-refractivity contribution in [1.29, 1.82) is 0 Å². The first-order valence-corrected chi connectivity index (χ1v) is 7.74. The third kappa shape index (κ3) is 7.71. The lowest BCUT2D eigenvalue weighted by atomic mass is 10.0. The Kier molecular flexibility index (Phi) is 7.83. The maximum absolute atomic E-state index is 11.9. The van der Waals surface area contributed by atoms with Gasteiger partial charge < -0.3 is 15.8 Å². The smallest absolute Gasteiger partial charge is 0.224 e. The molecule has 1 amide bonds. The molecule has 1 atom stereocenters. The van der Waals surface area contributed by atoms with Crippen LogP contribution in [0.1, 0.15) is 40.0 Å². The van der Waals surface area contributed by atoms with E-state index < -0.39 is 0 Å². The lowest BCUT2D eigenvalue weighted by Gasteiger charge is -2.12. The van der Waals surface area contributed by atoms with Gasteiger partial charge in [0.2, 0.25) is 5.91 Å². The van der Waals surface area contributed by atoms with Crippen molar-refractivity contribution >= 4 is 11.6 Å². The van der Waals surface area contributed by atoms with Gasteiger partial charge in [-0.25, -0.2) is 0 Å². The van der Waals surface area contributed by atoms with Crippen LogP contribution in [0.3, 0.4) is 0 Å². The summed E-state index contributed by atoms with van der Waals surface area (Å²) in [7, 11) is 0. The summed E-state index contributed by atoms with van der Waals surface area (Å²) in [6, 6.07) is 7.54. The molecule has 1 aromatic carbocycles. The third-order valence-electron chi connectivity index (χ3n) is 3.22. The Labute approximate surface area is 128 Å². The molecule has 0 fully saturated rings. The summed E-state index contributed by atoms with van der Waals surface area (Å²) in [6.45, 7) is 7.69. The van der Waals surface area contributed by atoms with E-state index in [1.165, 1.54) is 0 Å². The van der Waals surface area contributed by atoms with E-state index in [1.807, 2.05) is 24.3 Å². The molecule has 118 valence electrons. The van der Waals surface area contributed by atoms with Crippen molar-refractivity contribution in [3.05, 3.63) is 24.3 Å². The van der Waals surface area contributed by atoms with Gasteiger partial charge in [0.25, 0.3) is 0 Å². The number of anilines is 1. The highest BCUT2D eigenvalue weighted by atomic mass is 16.5. The summed E-state index contributed by atoms with van der Waals surface area (Å²) in [4.78, 5) is 11.9. The number of amides is 1. The van der Waals surface area contributed by atoms with E-state index in [0.717, 1.165) is 24.3 Å². The first-order chi connectivity index (χ1) is 10.0. The second-order valence-electron chi connectivity index (χ2n) is 6.00. The Hall–Kier alpha value is -1.55. The Morgan fingerprint density at radius 1 is 1.29 bits per heavy atom. The first kappa shape index (κ1) is 17.5. The molecule has 1 aromatic rings. The highest BCUT2D eigenvalue weighted by molar-refractivity contribution is 5.90. The van der Waals surface area contributed by atoms with E-state index in [9.17, 15) is 4.79 Å². The molecule has 0 radical (unpaired) electrons. The number of carbonyl (C=O) groups excluding carboxylic acids is 1. The van der Waals surface area contributed by atoms with Gasteiger partial charge in [-0.2, -0.15) is 0 Å². The standard InChI is InChI=1S/C17H28N2O2/c1-13(2)12-21-16-6-4-5-15(11-16)19-17(20)8-7-14(3)9-10-18/h4-6,11,13-14H,7-10,12,18H2,1-3H3,(H,19,20). The zero-order chi connectivity index (χ0) is 15.7. The van der Waals surface area contributed by atoms with Crippen LogP contribution in [0.5, 0.6) is 5.75 Å². The quantitative estimate of drug-likeness (QED) is 0.733. The van der Waals surface area contributed by atoms with Crippen molar-refractivity contribution in [1.82, 2.24) is 0 Å². The van der Waals surface area contributed by atoms with E-state index in [0.29, 0.717) is 31.4 Å². The first-order valence-electron chi connectivity index (χ1n) is 7.74. The second-order valence-corrected chi connectivity index (χ2v) is 6.00. The van der Waals surface area contributed by atoms with Gasteiger partial charge in [0.15, 0.2) is 0 Å². The van der Waals surface area contributed by atoms with Crippen molar-refractivity contribution in [2.24, 2.45) is 17.6 Å². The van der Waals surface area contributed by atoms with Crippen molar-refractivity contribution in [2.45, 2.75) is 40.0 Å². The number of hydrogen-bond acceptors (Lipinski definition) is 3. The van der Waals surface area contributed by atoms with Gasteiger partial charge in [-0.15, -0.1) is 0 Å². The van der Waals surface area contributed by atoms with E-state index in [4.69, 9.17) is 10.5 Å². The van der Waals surface area contributed by atoms with Crippen molar-refractivity contribution in [3.63, 3.8) is 0 Å². The van der Waals surface area contributed by atoms with Gasteiger partial charge in [0, 0.05) is 18.2 Å². The normalized spacial score (nSPS) is 12.2. The highest BCUT2D eigenvalue weighted by Crippen LogP contribution is 2.19. The fourth-order valence-electron chi connectivity index (χ4n) is 1.96. The zero-order valence-electron chi connectivity index (χ0n) is 13.4. The predicted molar refractivity (Wildman–Crippen MR) is 87.5 cm³/mol. The third-order valence-corrected chi connectivity index (χ3v) is 3.22. The number of rotatable bonds is 9. The molecule has 0 aliphatic heterocycles. The van der Waals surface area contributed by atoms with E-state index >= 15 is 0 Å². The second kappa shape index (κ2) is 9.40. The lowest BCUT2D eigenvalue weighted by molar-refractivity contribution is -0.116. The number of nitrogens with one attached hydrogen (secondary N) is 1. The molecule has 0 bridgehead atoms. The number of nitrogens with two attached hydrogens (primary N) is 1. The minimum Gasteiger partial charge on any atom is -0.493 e. The van der Waals surface area contributed by atoms with Gasteiger partial charge in [0.05, 0.1) is 6.61 Å². The fraction of sp³-hybridized carbons (Fsp3) is 0.588. The van der Waals surface area contributed by atoms with Crippen LogP contribution in [-0.2, 0) is 4.79 Å². The van der Waals surface area contributed by atoms with Gasteiger partial charge in [-0.3, -0.25) is 4.79 Å². The fourth-order valence-corrected chi connectivity index (χ4v) is 1.96. The van der Waals surface area contributed by atoms with Crippen LogP contribution in [0.25, 0.3) is 0 Å². The average molecular weight is 292 g/mol. The monoisotopic (exact) mass is 292 g/mol.